The third-order valence-electron chi connectivity index (χ3n) is 8.19. The number of hydrogen-bond donors (Lipinski definition) is 0. The molecule has 0 unspecified atom stereocenters. The Morgan fingerprint density at radius 1 is 0.400 bits per heavy atom. The maximum Gasteiger partial charge on any atom is 0.107 e. The number of rotatable bonds is 25. The van der Waals surface area contributed by atoms with Crippen LogP contribution in [0.1, 0.15) is 128 Å². The lowest BCUT2D eigenvalue weighted by atomic mass is 9.43. The van der Waals surface area contributed by atoms with Gasteiger partial charge in [0.05, 0.1) is 0 Å². The van der Waals surface area contributed by atoms with Crippen LogP contribution < -0.4 is 0 Å². The summed E-state index contributed by atoms with van der Waals surface area (Å²) >= 11 is 29.9. The summed E-state index contributed by atoms with van der Waals surface area (Å²) in [5, 5.41) is 0. The molecule has 0 N–H and O–H groups in total. The predicted molar refractivity (Wildman–Crippen MR) is 159 cm³/mol. The highest BCUT2D eigenvalue weighted by atomic mass is 35.5. The van der Waals surface area contributed by atoms with Crippen LogP contribution in [0.15, 0.2) is 11.4 Å². The summed E-state index contributed by atoms with van der Waals surface area (Å²) < 4.78 is 16.4. The van der Waals surface area contributed by atoms with E-state index in [1.807, 2.05) is 0 Å². The Balaban J connectivity index is 3.27. The van der Waals surface area contributed by atoms with Gasteiger partial charge in [-0.15, -0.1) is 58.0 Å². The highest BCUT2D eigenvalue weighted by molar-refractivity contribution is 6.18. The summed E-state index contributed by atoms with van der Waals surface area (Å²) in [4.78, 5) is 0. The van der Waals surface area contributed by atoms with E-state index < -0.39 is 0 Å². The zero-order valence-electron chi connectivity index (χ0n) is 21.9. The third kappa shape index (κ3) is 10.7. The molecular weight excluding hydrogens is 545 g/mol. The van der Waals surface area contributed by atoms with Gasteiger partial charge in [0.1, 0.15) is 5.83 Å². The van der Waals surface area contributed by atoms with Crippen molar-refractivity contribution in [3.05, 3.63) is 11.4 Å². The lowest BCUT2D eigenvalue weighted by molar-refractivity contribution is -0.0194. The molecule has 0 atom stereocenters. The van der Waals surface area contributed by atoms with Crippen molar-refractivity contribution in [2.75, 3.05) is 29.4 Å². The first-order chi connectivity index (χ1) is 17.1. The van der Waals surface area contributed by atoms with E-state index in [0.717, 1.165) is 134 Å². The molecule has 0 saturated carbocycles. The van der Waals surface area contributed by atoms with Gasteiger partial charge in [0.2, 0.25) is 0 Å². The van der Waals surface area contributed by atoms with E-state index in [1.54, 1.807) is 0 Å². The fraction of sp³-hybridized carbons (Fsp3) is 0.931. The Morgan fingerprint density at radius 3 is 1.06 bits per heavy atom. The molecule has 0 aromatic rings. The van der Waals surface area contributed by atoms with Gasteiger partial charge in [-0.25, -0.2) is 4.39 Å². The molecule has 0 heterocycles. The second-order valence-electron chi connectivity index (χ2n) is 10.5. The highest BCUT2D eigenvalue weighted by Gasteiger charge is 2.62. The molecule has 0 saturated heterocycles. The number of hydrogen-bond acceptors (Lipinski definition) is 0. The Kier molecular flexibility index (Phi) is 20.5. The molecule has 0 aromatic carbocycles. The lowest BCUT2D eigenvalue weighted by Gasteiger charge is -2.61. The van der Waals surface area contributed by atoms with Crippen LogP contribution in [-0.4, -0.2) is 29.4 Å². The van der Waals surface area contributed by atoms with Gasteiger partial charge in [-0.3, -0.25) is 0 Å². The molecule has 35 heavy (non-hydrogen) atoms. The Hall–Kier alpha value is 1.12. The molecule has 0 fully saturated rings. The molecule has 0 amide bonds. The summed E-state index contributed by atoms with van der Waals surface area (Å²) in [6.45, 7) is 0. The fourth-order valence-corrected chi connectivity index (χ4v) is 7.32. The number of alkyl halides is 5. The average Bonchev–Trinajstić information content (AvgIpc) is 2.87. The second kappa shape index (κ2) is 21.0. The molecule has 0 radical (unpaired) electrons. The second-order valence-corrected chi connectivity index (χ2v) is 12.3. The van der Waals surface area contributed by atoms with Crippen molar-refractivity contribution in [2.45, 2.75) is 128 Å². The first-order valence-electron chi connectivity index (χ1n) is 14.3. The van der Waals surface area contributed by atoms with Crippen LogP contribution in [0.2, 0.25) is 0 Å². The van der Waals surface area contributed by atoms with E-state index >= 15 is 4.39 Å². The van der Waals surface area contributed by atoms with E-state index in [2.05, 4.69) is 0 Å². The molecule has 0 aliphatic heterocycles. The molecule has 1 rings (SSSR count). The minimum atomic E-state index is -0.310. The molecule has 0 bridgehead atoms. The quantitative estimate of drug-likeness (QED) is 0.0728. The molecule has 1 aliphatic rings. The number of unbranched alkanes of at least 4 members (excludes halogenated alkanes) is 10. The molecule has 208 valence electrons. The lowest BCUT2D eigenvalue weighted by Crippen LogP contribution is -2.53. The van der Waals surface area contributed by atoms with Crippen molar-refractivity contribution in [2.24, 2.45) is 10.8 Å². The van der Waals surface area contributed by atoms with E-state index in [9.17, 15) is 0 Å². The van der Waals surface area contributed by atoms with Gasteiger partial charge in [-0.05, 0) is 76.2 Å². The van der Waals surface area contributed by atoms with Crippen LogP contribution in [0.25, 0.3) is 0 Å². The zero-order valence-corrected chi connectivity index (χ0v) is 25.7. The first-order valence-corrected chi connectivity index (χ1v) is 17.0. The van der Waals surface area contributed by atoms with Crippen molar-refractivity contribution in [3.8, 4) is 0 Å². The van der Waals surface area contributed by atoms with Gasteiger partial charge in [0, 0.05) is 40.2 Å². The normalized spacial score (nSPS) is 16.6. The molecule has 1 aliphatic carbocycles. The van der Waals surface area contributed by atoms with Gasteiger partial charge in [0.25, 0.3) is 0 Å². The molecule has 6 heteroatoms. The highest BCUT2D eigenvalue weighted by Crippen LogP contribution is 2.71. The minimum Gasteiger partial charge on any atom is -0.211 e. The third-order valence-corrected chi connectivity index (χ3v) is 9.52. The van der Waals surface area contributed by atoms with E-state index in [1.165, 1.54) is 0 Å². The monoisotopic (exact) mass is 592 g/mol. The van der Waals surface area contributed by atoms with E-state index in [4.69, 9.17) is 58.0 Å². The summed E-state index contributed by atoms with van der Waals surface area (Å²) in [6.07, 6.45) is 21.0. The molecular formula is C29H50Cl5F. The molecule has 0 spiro atoms. The minimum absolute atomic E-state index is 0.0153. The summed E-state index contributed by atoms with van der Waals surface area (Å²) in [5.74, 6) is 3.73. The van der Waals surface area contributed by atoms with E-state index in [0.29, 0.717) is 29.4 Å². The summed E-state index contributed by atoms with van der Waals surface area (Å²) in [5.41, 5.74) is 0.826. The van der Waals surface area contributed by atoms with E-state index in [-0.39, 0.29) is 16.7 Å². The van der Waals surface area contributed by atoms with Gasteiger partial charge in [-0.1, -0.05) is 57.8 Å². The maximum atomic E-state index is 16.4. The van der Waals surface area contributed by atoms with Gasteiger partial charge in [-0.2, -0.15) is 0 Å². The summed E-state index contributed by atoms with van der Waals surface area (Å²) in [6, 6.07) is 0. The Bertz CT molecular complexity index is 527. The standard InChI is InChI=1S/C29H50Cl5F/c30-21-11-1-6-16-26-27(35)29(19-9-4-14-24-33,20-10-5-15-25-34)28(26,17-7-2-12-22-31)18-8-3-13-23-32/h1-25H2. The Morgan fingerprint density at radius 2 is 0.714 bits per heavy atom. The van der Waals surface area contributed by atoms with Crippen molar-refractivity contribution < 1.29 is 4.39 Å². The predicted octanol–water partition coefficient (Wildman–Crippen LogP) is 12.2. The van der Waals surface area contributed by atoms with Crippen LogP contribution in [0, 0.1) is 10.8 Å². The van der Waals surface area contributed by atoms with Gasteiger partial charge in [0.15, 0.2) is 0 Å². The zero-order chi connectivity index (χ0) is 25.8. The topological polar surface area (TPSA) is 0 Å². The number of halogens is 6. The smallest absolute Gasteiger partial charge is 0.107 e. The van der Waals surface area contributed by atoms with Crippen molar-refractivity contribution in [1.82, 2.24) is 0 Å². The first kappa shape index (κ1) is 34.1. The van der Waals surface area contributed by atoms with Crippen LogP contribution >= 0.6 is 58.0 Å². The molecule has 0 nitrogen and oxygen atoms in total. The fourth-order valence-electron chi connectivity index (χ4n) is 6.38. The van der Waals surface area contributed by atoms with Crippen LogP contribution in [0.3, 0.4) is 0 Å². The summed E-state index contributed by atoms with van der Waals surface area (Å²) in [7, 11) is 0. The van der Waals surface area contributed by atoms with Crippen molar-refractivity contribution in [1.29, 1.82) is 0 Å². The van der Waals surface area contributed by atoms with Gasteiger partial charge >= 0.3 is 0 Å². The molecule has 0 aromatic heterocycles. The van der Waals surface area contributed by atoms with Crippen molar-refractivity contribution >= 4 is 58.0 Å². The van der Waals surface area contributed by atoms with Crippen LogP contribution in [-0.2, 0) is 0 Å². The Labute approximate surface area is 241 Å². The van der Waals surface area contributed by atoms with Crippen molar-refractivity contribution in [3.63, 3.8) is 0 Å². The van der Waals surface area contributed by atoms with Gasteiger partial charge < -0.3 is 0 Å². The SMILES string of the molecule is FC1=C(CCCCCCl)C(CCCCCCl)(CCCCCCl)C1(CCCCCCl)CCCCCCl. The largest absolute Gasteiger partial charge is 0.211 e. The van der Waals surface area contributed by atoms with Crippen LogP contribution in [0.5, 0.6) is 0 Å². The average molecular weight is 595 g/mol. The number of allylic oxidation sites excluding steroid dienone is 2. The maximum absolute atomic E-state index is 16.4. The van der Waals surface area contributed by atoms with Crippen LogP contribution in [0.4, 0.5) is 4.39 Å².